The van der Waals surface area contributed by atoms with E-state index in [0.717, 1.165) is 10.9 Å². The minimum Gasteiger partial charge on any atom is -0.480 e. The molecule has 3 aromatic rings. The molecule has 15 nitrogen and oxygen atoms in total. The number of carbonyl (C=O) groups excluding carboxylic acids is 4. The number of nitrogens with one attached hydrogen (secondary N) is 5. The Morgan fingerprint density at radius 1 is 0.976 bits per heavy atom. The summed E-state index contributed by atoms with van der Waals surface area (Å²) >= 11 is 0. The fourth-order valence-electron chi connectivity index (χ4n) is 4.18. The first kappa shape index (κ1) is 30.8. The zero-order valence-electron chi connectivity index (χ0n) is 22.3. The number of hydrogen-bond acceptors (Lipinski definition) is 8. The summed E-state index contributed by atoms with van der Waals surface area (Å²) in [6.45, 7) is 1.21. The van der Waals surface area contributed by atoms with Crippen molar-refractivity contribution < 1.29 is 34.2 Å². The number of amides is 4. The van der Waals surface area contributed by atoms with Gasteiger partial charge in [-0.15, -0.1) is 0 Å². The van der Waals surface area contributed by atoms with E-state index in [4.69, 9.17) is 11.5 Å². The fourth-order valence-corrected chi connectivity index (χ4v) is 4.18. The van der Waals surface area contributed by atoms with Gasteiger partial charge >= 0.3 is 5.97 Å². The number of nitrogens with two attached hydrogens (primary N) is 2. The molecule has 5 atom stereocenters. The molecule has 11 N–H and O–H groups in total. The van der Waals surface area contributed by atoms with Gasteiger partial charge in [0, 0.05) is 48.3 Å². The summed E-state index contributed by atoms with van der Waals surface area (Å²) in [6, 6.07) is 1.99. The van der Waals surface area contributed by atoms with Gasteiger partial charge in [-0.1, -0.05) is 18.2 Å². The summed E-state index contributed by atoms with van der Waals surface area (Å²) in [5.41, 5.74) is 12.9. The molecule has 0 aliphatic heterocycles. The van der Waals surface area contributed by atoms with E-state index in [9.17, 15) is 34.2 Å². The van der Waals surface area contributed by atoms with Crippen LogP contribution in [-0.4, -0.2) is 85.0 Å². The first-order chi connectivity index (χ1) is 19.5. The number of benzene rings is 1. The van der Waals surface area contributed by atoms with Crippen LogP contribution in [0.25, 0.3) is 10.9 Å². The van der Waals surface area contributed by atoms with Crippen LogP contribution in [0, 0.1) is 0 Å². The number of carbonyl (C=O) groups is 5. The minimum absolute atomic E-state index is 0.0406. The number of nitrogens with zero attached hydrogens (tertiary/aromatic N) is 1. The maximum atomic E-state index is 13.5. The van der Waals surface area contributed by atoms with Crippen LogP contribution in [0.2, 0.25) is 0 Å². The molecule has 0 aliphatic carbocycles. The molecular weight excluding hydrogens is 536 g/mol. The highest BCUT2D eigenvalue weighted by Gasteiger charge is 2.32. The van der Waals surface area contributed by atoms with Crippen molar-refractivity contribution in [2.24, 2.45) is 11.5 Å². The maximum absolute atomic E-state index is 13.5. The van der Waals surface area contributed by atoms with Crippen molar-refractivity contribution in [1.82, 2.24) is 30.9 Å². The van der Waals surface area contributed by atoms with Gasteiger partial charge in [-0.3, -0.25) is 19.2 Å². The van der Waals surface area contributed by atoms with Gasteiger partial charge in [0.1, 0.15) is 12.1 Å². The van der Waals surface area contributed by atoms with Gasteiger partial charge in [-0.2, -0.15) is 0 Å². The van der Waals surface area contributed by atoms with Gasteiger partial charge in [0.2, 0.25) is 23.6 Å². The molecule has 0 bridgehead atoms. The van der Waals surface area contributed by atoms with Crippen molar-refractivity contribution in [1.29, 1.82) is 0 Å². The molecule has 220 valence electrons. The lowest BCUT2D eigenvalue weighted by Crippen LogP contribution is -2.59. The lowest BCUT2D eigenvalue weighted by atomic mass is 10.0. The molecule has 0 saturated heterocycles. The van der Waals surface area contributed by atoms with Crippen molar-refractivity contribution in [3.63, 3.8) is 0 Å². The average Bonchev–Trinajstić information content (AvgIpc) is 3.59. The molecule has 0 fully saturated rings. The van der Waals surface area contributed by atoms with Gasteiger partial charge in [-0.05, 0) is 25.0 Å². The Kier molecular flexibility index (Phi) is 10.5. The third kappa shape index (κ3) is 8.61. The van der Waals surface area contributed by atoms with E-state index in [1.54, 1.807) is 12.3 Å². The second kappa shape index (κ2) is 14.0. The van der Waals surface area contributed by atoms with Gasteiger partial charge in [-0.25, -0.2) is 9.78 Å². The van der Waals surface area contributed by atoms with Crippen LogP contribution in [0.5, 0.6) is 0 Å². The molecule has 0 aliphatic rings. The summed E-state index contributed by atoms with van der Waals surface area (Å²) in [4.78, 5) is 72.1. The summed E-state index contributed by atoms with van der Waals surface area (Å²) in [5, 5.41) is 27.5. The Morgan fingerprint density at radius 2 is 1.63 bits per heavy atom. The summed E-state index contributed by atoms with van der Waals surface area (Å²) in [7, 11) is 0. The number of imidazole rings is 1. The molecule has 3 rings (SSSR count). The van der Waals surface area contributed by atoms with E-state index >= 15 is 0 Å². The fraction of sp³-hybridized carbons (Fsp3) is 0.385. The number of aliphatic hydroxyl groups excluding tert-OH is 1. The molecule has 4 amide bonds. The number of aromatic nitrogens is 3. The van der Waals surface area contributed by atoms with E-state index in [2.05, 4.69) is 30.9 Å². The minimum atomic E-state index is -1.63. The normalized spacial score (nSPS) is 14.8. The molecule has 1 aromatic carbocycles. The highest BCUT2D eigenvalue weighted by molar-refractivity contribution is 5.95. The molecule has 5 unspecified atom stereocenters. The highest BCUT2D eigenvalue weighted by Crippen LogP contribution is 2.19. The second-order valence-corrected chi connectivity index (χ2v) is 9.64. The number of fused-ring (bicyclic) bond motifs is 1. The van der Waals surface area contributed by atoms with Gasteiger partial charge in [0.15, 0.2) is 6.04 Å². The molecule has 2 heterocycles. The van der Waals surface area contributed by atoms with Crippen molar-refractivity contribution in [2.45, 2.75) is 62.9 Å². The largest absolute Gasteiger partial charge is 0.480 e. The van der Waals surface area contributed by atoms with E-state index in [0.29, 0.717) is 11.3 Å². The Hall–Kier alpha value is -4.76. The molecular formula is C26H34N8O7. The predicted molar refractivity (Wildman–Crippen MR) is 146 cm³/mol. The van der Waals surface area contributed by atoms with Gasteiger partial charge in [0.25, 0.3) is 0 Å². The number of H-pyrrole nitrogens is 2. The number of hydrogen-bond donors (Lipinski definition) is 9. The number of aromatic amines is 2. The monoisotopic (exact) mass is 570 g/mol. The quantitative estimate of drug-likeness (QED) is 0.0995. The number of aliphatic carboxylic acids is 1. The third-order valence-corrected chi connectivity index (χ3v) is 6.43. The van der Waals surface area contributed by atoms with E-state index in [1.807, 2.05) is 18.2 Å². The SMILES string of the molecule is CC(O)C(NC(=O)C(Cc1c[nH]c2ccccc12)NC(=O)C(Cc1cnc[nH]1)NC(=O)C(N)CCC(N)=O)C(=O)O. The number of carboxylic acids is 1. The second-order valence-electron chi connectivity index (χ2n) is 9.64. The van der Waals surface area contributed by atoms with Crippen LogP contribution in [-0.2, 0) is 36.8 Å². The van der Waals surface area contributed by atoms with Crippen LogP contribution in [0.15, 0.2) is 43.0 Å². The highest BCUT2D eigenvalue weighted by atomic mass is 16.4. The molecule has 2 aromatic heterocycles. The maximum Gasteiger partial charge on any atom is 0.328 e. The summed E-state index contributed by atoms with van der Waals surface area (Å²) in [6.07, 6.45) is 2.82. The van der Waals surface area contributed by atoms with Crippen LogP contribution < -0.4 is 27.4 Å². The van der Waals surface area contributed by atoms with Gasteiger partial charge < -0.3 is 47.6 Å². The van der Waals surface area contributed by atoms with E-state index in [1.165, 1.54) is 19.4 Å². The molecule has 0 spiro atoms. The predicted octanol–water partition coefficient (Wildman–Crippen LogP) is -1.81. The lowest BCUT2D eigenvalue weighted by molar-refractivity contribution is -0.145. The molecule has 15 heteroatoms. The number of carboxylic acid groups (broad SMARTS) is 1. The van der Waals surface area contributed by atoms with Crippen molar-refractivity contribution in [3.8, 4) is 0 Å². The lowest BCUT2D eigenvalue weighted by Gasteiger charge is -2.25. The first-order valence-corrected chi connectivity index (χ1v) is 12.8. The Morgan fingerprint density at radius 3 is 2.27 bits per heavy atom. The number of aliphatic hydroxyl groups is 1. The van der Waals surface area contributed by atoms with E-state index < -0.39 is 59.9 Å². The zero-order chi connectivity index (χ0) is 30.1. The van der Waals surface area contributed by atoms with Crippen LogP contribution in [0.3, 0.4) is 0 Å². The zero-order valence-corrected chi connectivity index (χ0v) is 22.3. The number of rotatable bonds is 15. The molecule has 0 saturated carbocycles. The number of para-hydroxylation sites is 1. The van der Waals surface area contributed by atoms with Crippen molar-refractivity contribution in [3.05, 3.63) is 54.2 Å². The third-order valence-electron chi connectivity index (χ3n) is 6.43. The Bertz CT molecular complexity index is 1370. The summed E-state index contributed by atoms with van der Waals surface area (Å²) in [5.74, 6) is -4.44. The smallest absolute Gasteiger partial charge is 0.328 e. The number of primary amides is 1. The molecule has 0 radical (unpaired) electrons. The molecule has 41 heavy (non-hydrogen) atoms. The average molecular weight is 571 g/mol. The van der Waals surface area contributed by atoms with E-state index in [-0.39, 0.29) is 25.7 Å². The first-order valence-electron chi connectivity index (χ1n) is 12.8. The van der Waals surface area contributed by atoms with Gasteiger partial charge in [0.05, 0.1) is 18.5 Å². The Balaban J connectivity index is 1.86. The van der Waals surface area contributed by atoms with Crippen LogP contribution in [0.4, 0.5) is 0 Å². The Labute approximate surface area is 234 Å². The topological polar surface area (TPSA) is 258 Å². The van der Waals surface area contributed by atoms with Crippen LogP contribution in [0.1, 0.15) is 31.0 Å². The van der Waals surface area contributed by atoms with Crippen molar-refractivity contribution >= 4 is 40.5 Å². The van der Waals surface area contributed by atoms with Crippen molar-refractivity contribution in [2.75, 3.05) is 0 Å². The standard InChI is InChI=1S/C26H34N8O7/c1-13(35)22(26(40)41)34-25(39)19(8-14-10-30-18-5-3-2-4-16(14)18)33-24(38)20(9-15-11-29-12-31-15)32-23(37)17(27)6-7-21(28)36/h2-5,10-13,17,19-20,22,30,35H,6-9,27H2,1H3,(H2,28,36)(H,29,31)(H,32,37)(H,33,38)(H,34,39)(H,40,41). The summed E-state index contributed by atoms with van der Waals surface area (Å²) < 4.78 is 0. The van der Waals surface area contributed by atoms with Crippen LogP contribution >= 0.6 is 0 Å².